The lowest BCUT2D eigenvalue weighted by Gasteiger charge is -2.14. The van der Waals surface area contributed by atoms with E-state index in [1.165, 1.54) is 5.56 Å². The Hall–Kier alpha value is -1.97. The van der Waals surface area contributed by atoms with Gasteiger partial charge in [-0.05, 0) is 30.2 Å². The third-order valence-corrected chi connectivity index (χ3v) is 3.20. The molecule has 0 saturated carbocycles. The summed E-state index contributed by atoms with van der Waals surface area (Å²) in [4.78, 5) is 12.9. The number of fused-ring (bicyclic) bond motifs is 1. The molecule has 0 bridgehead atoms. The molecule has 2 aromatic heterocycles. The molecule has 1 amide bonds. The highest BCUT2D eigenvalue weighted by atomic mass is 16.5. The van der Waals surface area contributed by atoms with Gasteiger partial charge in [-0.3, -0.25) is 4.79 Å². The van der Waals surface area contributed by atoms with Gasteiger partial charge >= 0.3 is 0 Å². The first-order valence-corrected chi connectivity index (χ1v) is 5.97. The lowest BCUT2D eigenvalue weighted by atomic mass is 10.2. The molecular weight excluding hydrogens is 228 g/mol. The van der Waals surface area contributed by atoms with E-state index in [1.807, 2.05) is 36.0 Å². The highest BCUT2D eigenvalue weighted by Crippen LogP contribution is 2.24. The monoisotopic (exact) mass is 246 g/mol. The van der Waals surface area contributed by atoms with Crippen LogP contribution in [0.2, 0.25) is 0 Å². The van der Waals surface area contributed by atoms with Crippen LogP contribution in [-0.2, 0) is 11.2 Å². The molecule has 0 fully saturated rings. The van der Waals surface area contributed by atoms with Crippen LogP contribution in [0.15, 0.2) is 30.6 Å². The number of likely N-dealkylation sites (N-methyl/N-ethyl adjacent to an activating group) is 1. The van der Waals surface area contributed by atoms with E-state index >= 15 is 0 Å². The van der Waals surface area contributed by atoms with Crippen LogP contribution in [0.3, 0.4) is 0 Å². The first-order chi connectivity index (χ1) is 8.63. The minimum atomic E-state index is 0.0884. The Morgan fingerprint density at radius 1 is 1.39 bits per heavy atom. The maximum absolute atomic E-state index is 11.2. The summed E-state index contributed by atoms with van der Waals surface area (Å²) in [5.74, 6) is 0.952. The van der Waals surface area contributed by atoms with Crippen LogP contribution in [0, 0.1) is 0 Å². The second kappa shape index (κ2) is 5.12. The first-order valence-electron chi connectivity index (χ1n) is 5.97. The van der Waals surface area contributed by atoms with E-state index in [1.54, 1.807) is 18.9 Å². The molecule has 0 N–H and O–H groups in total. The Balaban J connectivity index is 2.26. The van der Waals surface area contributed by atoms with E-state index in [2.05, 4.69) is 6.07 Å². The molecule has 96 valence electrons. The van der Waals surface area contributed by atoms with Crippen molar-refractivity contribution >= 4 is 11.4 Å². The molecule has 0 atom stereocenters. The largest absolute Gasteiger partial charge is 0.495 e. The van der Waals surface area contributed by atoms with E-state index in [0.717, 1.165) is 17.7 Å². The van der Waals surface area contributed by atoms with Gasteiger partial charge in [0.2, 0.25) is 5.91 Å². The van der Waals surface area contributed by atoms with Crippen LogP contribution in [0.1, 0.15) is 12.5 Å². The van der Waals surface area contributed by atoms with Gasteiger partial charge < -0.3 is 14.0 Å². The van der Waals surface area contributed by atoms with Gasteiger partial charge in [0.05, 0.1) is 12.6 Å². The van der Waals surface area contributed by atoms with Crippen molar-refractivity contribution in [1.29, 1.82) is 0 Å². The molecule has 0 radical (unpaired) electrons. The number of carbonyl (C=O) groups is 1. The predicted molar refractivity (Wildman–Crippen MR) is 71.0 cm³/mol. The van der Waals surface area contributed by atoms with Gasteiger partial charge in [-0.2, -0.15) is 0 Å². The number of rotatable bonds is 4. The van der Waals surface area contributed by atoms with Gasteiger partial charge in [-0.1, -0.05) is 0 Å². The number of aromatic nitrogens is 1. The molecule has 4 nitrogen and oxygen atoms in total. The number of carbonyl (C=O) groups excluding carboxylic acids is 1. The Morgan fingerprint density at radius 3 is 2.83 bits per heavy atom. The van der Waals surface area contributed by atoms with Crippen molar-refractivity contribution in [3.05, 3.63) is 36.2 Å². The highest BCUT2D eigenvalue weighted by molar-refractivity contribution is 5.73. The molecule has 0 saturated heterocycles. The van der Waals surface area contributed by atoms with E-state index in [4.69, 9.17) is 4.74 Å². The third-order valence-electron chi connectivity index (χ3n) is 3.20. The maximum Gasteiger partial charge on any atom is 0.219 e. The van der Waals surface area contributed by atoms with Crippen LogP contribution in [-0.4, -0.2) is 35.9 Å². The van der Waals surface area contributed by atoms with Gasteiger partial charge in [0.1, 0.15) is 5.75 Å². The number of hydrogen-bond acceptors (Lipinski definition) is 2. The molecule has 2 heterocycles. The fourth-order valence-corrected chi connectivity index (χ4v) is 2.01. The topological polar surface area (TPSA) is 34.0 Å². The van der Waals surface area contributed by atoms with E-state index in [0.29, 0.717) is 6.54 Å². The molecular formula is C14H18N2O2. The minimum absolute atomic E-state index is 0.0884. The Labute approximate surface area is 107 Å². The van der Waals surface area contributed by atoms with Crippen LogP contribution in [0.4, 0.5) is 0 Å². The average molecular weight is 246 g/mol. The SMILES string of the molecule is COc1cccn2ccc(CCN(C)C(C)=O)c12. The van der Waals surface area contributed by atoms with Crippen molar-refractivity contribution in [3.63, 3.8) is 0 Å². The van der Waals surface area contributed by atoms with Crippen LogP contribution in [0.5, 0.6) is 5.75 Å². The number of nitrogens with zero attached hydrogens (tertiary/aromatic N) is 2. The van der Waals surface area contributed by atoms with Crippen molar-refractivity contribution in [1.82, 2.24) is 9.30 Å². The minimum Gasteiger partial charge on any atom is -0.495 e. The molecule has 0 aliphatic rings. The van der Waals surface area contributed by atoms with Crippen molar-refractivity contribution in [3.8, 4) is 5.75 Å². The maximum atomic E-state index is 11.2. The van der Waals surface area contributed by atoms with Gasteiger partial charge in [0.15, 0.2) is 0 Å². The zero-order chi connectivity index (χ0) is 13.1. The van der Waals surface area contributed by atoms with E-state index in [9.17, 15) is 4.79 Å². The predicted octanol–water partition coefficient (Wildman–Crippen LogP) is 1.97. The number of pyridine rings is 1. The molecule has 4 heteroatoms. The van der Waals surface area contributed by atoms with Crippen molar-refractivity contribution in [2.45, 2.75) is 13.3 Å². The van der Waals surface area contributed by atoms with E-state index in [-0.39, 0.29) is 5.91 Å². The zero-order valence-electron chi connectivity index (χ0n) is 11.0. The smallest absolute Gasteiger partial charge is 0.219 e. The lowest BCUT2D eigenvalue weighted by molar-refractivity contribution is -0.127. The Kier molecular flexibility index (Phi) is 3.55. The summed E-state index contributed by atoms with van der Waals surface area (Å²) in [5, 5.41) is 0. The molecule has 0 unspecified atom stereocenters. The molecule has 2 rings (SSSR count). The summed E-state index contributed by atoms with van der Waals surface area (Å²) in [5.41, 5.74) is 2.28. The molecule has 18 heavy (non-hydrogen) atoms. The summed E-state index contributed by atoms with van der Waals surface area (Å²) in [6.45, 7) is 2.30. The number of methoxy groups -OCH3 is 1. The number of ether oxygens (including phenoxy) is 1. The summed E-state index contributed by atoms with van der Waals surface area (Å²) in [6.07, 6.45) is 4.84. The summed E-state index contributed by atoms with van der Waals surface area (Å²) >= 11 is 0. The van der Waals surface area contributed by atoms with Gasteiger partial charge in [-0.25, -0.2) is 0 Å². The first kappa shape index (κ1) is 12.5. The van der Waals surface area contributed by atoms with Crippen LogP contribution >= 0.6 is 0 Å². The average Bonchev–Trinajstić information content (AvgIpc) is 2.78. The van der Waals surface area contributed by atoms with E-state index < -0.39 is 0 Å². The summed E-state index contributed by atoms with van der Waals surface area (Å²) in [6, 6.07) is 5.98. The Bertz CT molecular complexity index is 560. The molecule has 0 aliphatic carbocycles. The highest BCUT2D eigenvalue weighted by Gasteiger charge is 2.09. The van der Waals surface area contributed by atoms with Crippen molar-refractivity contribution in [2.24, 2.45) is 0 Å². The van der Waals surface area contributed by atoms with Crippen LogP contribution in [0.25, 0.3) is 5.52 Å². The molecule has 0 aliphatic heterocycles. The molecule has 0 aromatic carbocycles. The number of amides is 1. The second-order valence-corrected chi connectivity index (χ2v) is 4.36. The Morgan fingerprint density at radius 2 is 2.17 bits per heavy atom. The fourth-order valence-electron chi connectivity index (χ4n) is 2.01. The van der Waals surface area contributed by atoms with Crippen LogP contribution < -0.4 is 4.74 Å². The summed E-state index contributed by atoms with van der Waals surface area (Å²) < 4.78 is 7.42. The lowest BCUT2D eigenvalue weighted by Crippen LogP contribution is -2.26. The third kappa shape index (κ3) is 2.32. The van der Waals surface area contributed by atoms with Crippen molar-refractivity contribution in [2.75, 3.05) is 20.7 Å². The van der Waals surface area contributed by atoms with Gasteiger partial charge in [0, 0.05) is 32.9 Å². The van der Waals surface area contributed by atoms with Gasteiger partial charge in [0.25, 0.3) is 0 Å². The fraction of sp³-hybridized carbons (Fsp3) is 0.357. The van der Waals surface area contributed by atoms with Gasteiger partial charge in [-0.15, -0.1) is 0 Å². The molecule has 2 aromatic rings. The van der Waals surface area contributed by atoms with Crippen molar-refractivity contribution < 1.29 is 9.53 Å². The second-order valence-electron chi connectivity index (χ2n) is 4.36. The zero-order valence-corrected chi connectivity index (χ0v) is 11.0. The quantitative estimate of drug-likeness (QED) is 0.826. The normalized spacial score (nSPS) is 10.6. The standard InChI is InChI=1S/C14H18N2O2/c1-11(17)15(2)9-6-12-7-10-16-8-4-5-13(18-3)14(12)16/h4-5,7-8,10H,6,9H2,1-3H3. The molecule has 0 spiro atoms. The number of hydrogen-bond donors (Lipinski definition) is 0. The summed E-state index contributed by atoms with van der Waals surface area (Å²) in [7, 11) is 3.49.